The summed E-state index contributed by atoms with van der Waals surface area (Å²) < 4.78 is 1.82. The Morgan fingerprint density at radius 2 is 2.18 bits per heavy atom. The first kappa shape index (κ1) is 14.6. The molecule has 0 aromatic carbocycles. The first-order valence-electron chi connectivity index (χ1n) is 7.55. The number of carbonyl (C=O) groups excluding carboxylic acids is 1. The molecule has 1 saturated heterocycles. The van der Waals surface area contributed by atoms with Crippen molar-refractivity contribution in [2.24, 2.45) is 13.0 Å². The molecule has 0 spiro atoms. The lowest BCUT2D eigenvalue weighted by Crippen LogP contribution is -2.32. The fraction of sp³-hybridized carbons (Fsp3) is 0.438. The van der Waals surface area contributed by atoms with Crippen molar-refractivity contribution in [2.75, 3.05) is 18.0 Å². The number of carbonyl (C=O) groups is 1. The van der Waals surface area contributed by atoms with E-state index in [1.54, 1.807) is 12.4 Å². The molecule has 0 bridgehead atoms. The SMILES string of the molecule is Cc1c(CNC(=O)C2CCN(c3ccncc3)C2)cnn1C. The molecule has 0 saturated carbocycles. The molecule has 1 amide bonds. The van der Waals surface area contributed by atoms with E-state index >= 15 is 0 Å². The van der Waals surface area contributed by atoms with Gasteiger partial charge in [0.25, 0.3) is 0 Å². The number of aromatic nitrogens is 3. The summed E-state index contributed by atoms with van der Waals surface area (Å²) >= 11 is 0. The standard InChI is InChI=1S/C16H21N5O/c1-12-14(10-19-20(12)2)9-18-16(22)13-5-8-21(11-13)15-3-6-17-7-4-15/h3-4,6-7,10,13H,5,8-9,11H2,1-2H3,(H,18,22). The lowest BCUT2D eigenvalue weighted by molar-refractivity contribution is -0.124. The molecule has 2 aromatic rings. The third-order valence-corrected chi connectivity index (χ3v) is 4.38. The minimum Gasteiger partial charge on any atom is -0.371 e. The maximum Gasteiger partial charge on any atom is 0.225 e. The van der Waals surface area contributed by atoms with E-state index < -0.39 is 0 Å². The second-order valence-corrected chi connectivity index (χ2v) is 5.73. The van der Waals surface area contributed by atoms with Crippen molar-refractivity contribution in [3.8, 4) is 0 Å². The summed E-state index contributed by atoms with van der Waals surface area (Å²) in [6, 6.07) is 3.97. The summed E-state index contributed by atoms with van der Waals surface area (Å²) in [7, 11) is 1.91. The fourth-order valence-electron chi connectivity index (χ4n) is 2.81. The molecule has 0 aliphatic carbocycles. The maximum atomic E-state index is 12.3. The number of pyridine rings is 1. The number of amides is 1. The first-order chi connectivity index (χ1) is 10.6. The minimum atomic E-state index is 0.0464. The Bertz CT molecular complexity index is 652. The van der Waals surface area contributed by atoms with Gasteiger partial charge in [-0.15, -0.1) is 0 Å². The van der Waals surface area contributed by atoms with Gasteiger partial charge in [-0.2, -0.15) is 5.10 Å². The molecule has 0 radical (unpaired) electrons. The highest BCUT2D eigenvalue weighted by Gasteiger charge is 2.28. The van der Waals surface area contributed by atoms with Crippen LogP contribution in [0.4, 0.5) is 5.69 Å². The van der Waals surface area contributed by atoms with E-state index in [1.807, 2.05) is 37.0 Å². The summed E-state index contributed by atoms with van der Waals surface area (Å²) in [5.74, 6) is 0.171. The molecular formula is C16H21N5O. The van der Waals surface area contributed by atoms with Crippen LogP contribution in [-0.4, -0.2) is 33.8 Å². The zero-order valence-electron chi connectivity index (χ0n) is 13.0. The van der Waals surface area contributed by atoms with Crippen LogP contribution in [0.15, 0.2) is 30.7 Å². The van der Waals surface area contributed by atoms with Gasteiger partial charge < -0.3 is 10.2 Å². The van der Waals surface area contributed by atoms with Gasteiger partial charge in [-0.05, 0) is 25.5 Å². The van der Waals surface area contributed by atoms with Crippen molar-refractivity contribution >= 4 is 11.6 Å². The van der Waals surface area contributed by atoms with E-state index in [9.17, 15) is 4.79 Å². The van der Waals surface area contributed by atoms with Crippen molar-refractivity contribution < 1.29 is 4.79 Å². The van der Waals surface area contributed by atoms with Gasteiger partial charge in [0.1, 0.15) is 0 Å². The molecule has 3 rings (SSSR count). The molecule has 2 aromatic heterocycles. The molecule has 116 valence electrons. The Hall–Kier alpha value is -2.37. The van der Waals surface area contributed by atoms with Gasteiger partial charge in [0.05, 0.1) is 12.1 Å². The van der Waals surface area contributed by atoms with Crippen molar-refractivity contribution in [3.05, 3.63) is 42.0 Å². The normalized spacial score (nSPS) is 17.7. The zero-order valence-corrected chi connectivity index (χ0v) is 13.0. The summed E-state index contributed by atoms with van der Waals surface area (Å²) in [5, 5.41) is 7.23. The Balaban J connectivity index is 1.54. The number of rotatable bonds is 4. The highest BCUT2D eigenvalue weighted by molar-refractivity contribution is 5.80. The van der Waals surface area contributed by atoms with E-state index in [0.717, 1.165) is 36.5 Å². The van der Waals surface area contributed by atoms with Gasteiger partial charge in [0.2, 0.25) is 5.91 Å². The van der Waals surface area contributed by atoms with Gasteiger partial charge in [-0.25, -0.2) is 0 Å². The topological polar surface area (TPSA) is 63.1 Å². The number of anilines is 1. The molecule has 22 heavy (non-hydrogen) atoms. The van der Waals surface area contributed by atoms with E-state index in [2.05, 4.69) is 20.3 Å². The third kappa shape index (κ3) is 2.95. The first-order valence-corrected chi connectivity index (χ1v) is 7.55. The van der Waals surface area contributed by atoms with Crippen molar-refractivity contribution in [1.82, 2.24) is 20.1 Å². The van der Waals surface area contributed by atoms with Crippen LogP contribution in [0.2, 0.25) is 0 Å². The second-order valence-electron chi connectivity index (χ2n) is 5.73. The number of hydrogen-bond acceptors (Lipinski definition) is 4. The average Bonchev–Trinajstić information content (AvgIpc) is 3.15. The van der Waals surface area contributed by atoms with Crippen molar-refractivity contribution in [3.63, 3.8) is 0 Å². The lowest BCUT2D eigenvalue weighted by Gasteiger charge is -2.18. The van der Waals surface area contributed by atoms with Crippen LogP contribution >= 0.6 is 0 Å². The smallest absolute Gasteiger partial charge is 0.225 e. The third-order valence-electron chi connectivity index (χ3n) is 4.38. The van der Waals surface area contributed by atoms with Crippen molar-refractivity contribution in [1.29, 1.82) is 0 Å². The van der Waals surface area contributed by atoms with Gasteiger partial charge in [-0.3, -0.25) is 14.5 Å². The van der Waals surface area contributed by atoms with Crippen LogP contribution in [-0.2, 0) is 18.4 Å². The predicted molar refractivity (Wildman–Crippen MR) is 84.3 cm³/mol. The van der Waals surface area contributed by atoms with E-state index in [4.69, 9.17) is 0 Å². The summed E-state index contributed by atoms with van der Waals surface area (Å²) in [5.41, 5.74) is 3.29. The molecule has 1 N–H and O–H groups in total. The van der Waals surface area contributed by atoms with E-state index in [1.165, 1.54) is 0 Å². The quantitative estimate of drug-likeness (QED) is 0.923. The molecule has 1 aliphatic heterocycles. The molecular weight excluding hydrogens is 278 g/mol. The highest BCUT2D eigenvalue weighted by Crippen LogP contribution is 2.23. The van der Waals surface area contributed by atoms with Crippen LogP contribution in [0, 0.1) is 12.8 Å². The Morgan fingerprint density at radius 3 is 2.86 bits per heavy atom. The Kier molecular flexibility index (Phi) is 4.09. The molecule has 3 heterocycles. The molecule has 1 aliphatic rings. The average molecular weight is 299 g/mol. The lowest BCUT2D eigenvalue weighted by atomic mass is 10.1. The molecule has 1 fully saturated rings. The molecule has 6 nitrogen and oxygen atoms in total. The second kappa shape index (κ2) is 6.17. The number of aryl methyl sites for hydroxylation is 1. The zero-order chi connectivity index (χ0) is 15.5. The van der Waals surface area contributed by atoms with E-state index in [0.29, 0.717) is 6.54 Å². The number of hydrogen-bond donors (Lipinski definition) is 1. The number of nitrogens with one attached hydrogen (secondary N) is 1. The summed E-state index contributed by atoms with van der Waals surface area (Å²) in [6.45, 7) is 4.23. The highest BCUT2D eigenvalue weighted by atomic mass is 16.1. The van der Waals surface area contributed by atoms with Gasteiger partial charge in [-0.1, -0.05) is 0 Å². The van der Waals surface area contributed by atoms with Crippen LogP contribution in [0.5, 0.6) is 0 Å². The van der Waals surface area contributed by atoms with Gasteiger partial charge in [0, 0.05) is 56.0 Å². The minimum absolute atomic E-state index is 0.0464. The van der Waals surface area contributed by atoms with Crippen molar-refractivity contribution in [2.45, 2.75) is 19.9 Å². The monoisotopic (exact) mass is 299 g/mol. The van der Waals surface area contributed by atoms with Gasteiger partial charge in [0.15, 0.2) is 0 Å². The van der Waals surface area contributed by atoms with Crippen LogP contribution in [0.3, 0.4) is 0 Å². The van der Waals surface area contributed by atoms with Crippen LogP contribution in [0.25, 0.3) is 0 Å². The fourth-order valence-corrected chi connectivity index (χ4v) is 2.81. The van der Waals surface area contributed by atoms with E-state index in [-0.39, 0.29) is 11.8 Å². The molecule has 6 heteroatoms. The van der Waals surface area contributed by atoms with Gasteiger partial charge >= 0.3 is 0 Å². The Labute approximate surface area is 130 Å². The number of nitrogens with zero attached hydrogens (tertiary/aromatic N) is 4. The molecule has 1 unspecified atom stereocenters. The summed E-state index contributed by atoms with van der Waals surface area (Å²) in [4.78, 5) is 18.6. The van der Waals surface area contributed by atoms with Crippen LogP contribution in [0.1, 0.15) is 17.7 Å². The summed E-state index contributed by atoms with van der Waals surface area (Å²) in [6.07, 6.45) is 6.27. The largest absolute Gasteiger partial charge is 0.371 e. The maximum absolute atomic E-state index is 12.3. The Morgan fingerprint density at radius 1 is 1.41 bits per heavy atom. The molecule has 1 atom stereocenters. The van der Waals surface area contributed by atoms with Crippen LogP contribution < -0.4 is 10.2 Å². The predicted octanol–water partition coefficient (Wildman–Crippen LogP) is 1.27.